The maximum absolute atomic E-state index is 13.2. The smallest absolute Gasteiger partial charge is 0.348 e. The summed E-state index contributed by atoms with van der Waals surface area (Å²) in [7, 11) is 0. The van der Waals surface area contributed by atoms with Crippen LogP contribution in [0.2, 0.25) is 0 Å². The van der Waals surface area contributed by atoms with Crippen molar-refractivity contribution in [3.8, 4) is 0 Å². The molecule has 0 aromatic carbocycles. The van der Waals surface area contributed by atoms with E-state index in [1.807, 2.05) is 0 Å². The minimum Gasteiger partial charge on any atom is -0.574 e. The van der Waals surface area contributed by atoms with E-state index < -0.39 is 129 Å². The van der Waals surface area contributed by atoms with Crippen LogP contribution in [0.3, 0.4) is 0 Å². The molecule has 2 unspecified atom stereocenters. The van der Waals surface area contributed by atoms with E-state index in [1.54, 1.807) is 27.7 Å². The Morgan fingerprint density at radius 2 is 0.588 bits per heavy atom. The zero-order chi connectivity index (χ0) is 58.2. The van der Waals surface area contributed by atoms with Crippen LogP contribution in [0.25, 0.3) is 0 Å². The predicted octanol–water partition coefficient (Wildman–Crippen LogP) is 3.19. The molecule has 24 heteroatoms. The second kappa shape index (κ2) is 21.6. The average molecular weight is 1110 g/mol. The molecular weight excluding hydrogens is 1060 g/mol. The Hall–Kier alpha value is -9.09. The van der Waals surface area contributed by atoms with Crippen LogP contribution in [-0.4, -0.2) is 88.4 Å². The lowest BCUT2D eigenvalue weighted by molar-refractivity contribution is -0.406. The number of esters is 9. The number of carbonyl (C=O) groups excluding carboxylic acids is 9. The second-order valence-corrected chi connectivity index (χ2v) is 20.0. The molecule has 8 rings (SSSR count). The minimum absolute atomic E-state index is 0.208. The maximum Gasteiger partial charge on any atom is 0.348 e. The van der Waals surface area contributed by atoms with E-state index in [4.69, 9.17) is 56.8 Å². The molecule has 0 amide bonds. The Balaban J connectivity index is 0.812. The van der Waals surface area contributed by atoms with Crippen LogP contribution in [0.1, 0.15) is 113 Å². The van der Waals surface area contributed by atoms with Crippen LogP contribution in [0.4, 0.5) is 0 Å². The molecule has 80 heavy (non-hydrogen) atoms. The van der Waals surface area contributed by atoms with Crippen molar-refractivity contribution < 1.29 is 115 Å². The summed E-state index contributed by atoms with van der Waals surface area (Å²) in [5.74, 6) is -21.5. The summed E-state index contributed by atoms with van der Waals surface area (Å²) in [6.07, 6.45) is 13.8. The first-order chi connectivity index (χ1) is 37.7. The fourth-order valence-electron chi connectivity index (χ4n) is 8.82. The summed E-state index contributed by atoms with van der Waals surface area (Å²) in [4.78, 5) is 117. The number of cyclic esters (lactones) is 2. The molecule has 5 fully saturated rings. The minimum atomic E-state index is -1.77. The van der Waals surface area contributed by atoms with E-state index >= 15 is 0 Å². The molecule has 424 valence electrons. The van der Waals surface area contributed by atoms with Crippen molar-refractivity contribution in [1.82, 2.24) is 0 Å². The van der Waals surface area contributed by atoms with Gasteiger partial charge in [0, 0.05) is 51.4 Å². The zero-order valence-electron chi connectivity index (χ0n) is 44.3. The SMILES string of the molecule is CCC1(C)OC(=O)C(/C=C/C(C)=C/C=C2C(=O)OC3(CCC4(CC3)OC(=O)C(=C/C=C(C)/C=C/C3=C([O-])OC5(CCC6(CC5)OC(=O)C(=C/C=C(C)/C=C/C5=C([O-])OC(C)(CC)OC5=O)C(=O)O6)OC3=O)C(=O)O4)OC2=O)=C([O-])O1. The van der Waals surface area contributed by atoms with E-state index in [0.29, 0.717) is 16.7 Å². The Bertz CT molecular complexity index is 3080. The van der Waals surface area contributed by atoms with Gasteiger partial charge in [-0.2, -0.15) is 0 Å². The largest absolute Gasteiger partial charge is 0.574 e. The Morgan fingerprint density at radius 1 is 0.362 bits per heavy atom. The lowest BCUT2D eigenvalue weighted by Crippen LogP contribution is -2.56. The topological polar surface area (TPSA) is 334 Å². The summed E-state index contributed by atoms with van der Waals surface area (Å²) in [6.45, 7) is 10.9. The number of ether oxygens (including phenoxy) is 12. The van der Waals surface area contributed by atoms with Gasteiger partial charge >= 0.3 is 53.7 Å². The third kappa shape index (κ3) is 12.0. The zero-order valence-corrected chi connectivity index (χ0v) is 44.3. The first kappa shape index (κ1) is 57.1. The quantitative estimate of drug-likeness (QED) is 0.0942. The fraction of sp³-hybridized carbons (Fsp3) is 0.411. The van der Waals surface area contributed by atoms with Gasteiger partial charge in [-0.05, 0) is 83.9 Å². The molecule has 6 heterocycles. The van der Waals surface area contributed by atoms with Gasteiger partial charge in [0.25, 0.3) is 17.4 Å². The summed E-state index contributed by atoms with van der Waals surface area (Å²) in [5, 5.41) is 37.9. The molecule has 2 aliphatic carbocycles. The van der Waals surface area contributed by atoms with Gasteiger partial charge in [0.2, 0.25) is 0 Å². The number of allylic oxidation sites excluding steroid dienone is 12. The molecule has 6 aliphatic heterocycles. The highest BCUT2D eigenvalue weighted by Crippen LogP contribution is 2.47. The summed E-state index contributed by atoms with van der Waals surface area (Å²) >= 11 is 0. The van der Waals surface area contributed by atoms with E-state index in [0.717, 1.165) is 24.3 Å². The van der Waals surface area contributed by atoms with Crippen molar-refractivity contribution in [2.75, 3.05) is 0 Å². The molecule has 0 aromatic rings. The molecule has 2 atom stereocenters. The Morgan fingerprint density at radius 3 is 0.825 bits per heavy atom. The van der Waals surface area contributed by atoms with Crippen LogP contribution >= 0.6 is 0 Å². The van der Waals surface area contributed by atoms with E-state index in [2.05, 4.69) is 0 Å². The predicted molar refractivity (Wildman–Crippen MR) is 257 cm³/mol. The van der Waals surface area contributed by atoms with Crippen LogP contribution < -0.4 is 15.3 Å². The van der Waals surface area contributed by atoms with Crippen molar-refractivity contribution in [2.24, 2.45) is 0 Å². The first-order valence-electron chi connectivity index (χ1n) is 25.3. The molecule has 24 nitrogen and oxygen atoms in total. The van der Waals surface area contributed by atoms with Gasteiger partial charge in [-0.15, -0.1) is 0 Å². The van der Waals surface area contributed by atoms with E-state index in [-0.39, 0.29) is 75.4 Å². The first-order valence-corrected chi connectivity index (χ1v) is 25.3. The highest BCUT2D eigenvalue weighted by atomic mass is 16.8. The van der Waals surface area contributed by atoms with Gasteiger partial charge in [-0.1, -0.05) is 67.0 Å². The van der Waals surface area contributed by atoms with Crippen molar-refractivity contribution in [1.29, 1.82) is 0 Å². The molecule has 3 saturated heterocycles. The monoisotopic (exact) mass is 1110 g/mol. The molecular formula is C56H53O24-3. The van der Waals surface area contributed by atoms with Gasteiger partial charge in [-0.25, -0.2) is 43.2 Å². The number of hydrogen-bond acceptors (Lipinski definition) is 24. The maximum atomic E-state index is 13.2. The molecule has 4 spiro atoms. The second-order valence-electron chi connectivity index (χ2n) is 20.0. The number of hydrogen-bond donors (Lipinski definition) is 0. The summed E-state index contributed by atoms with van der Waals surface area (Å²) < 4.78 is 65.3. The third-order valence-corrected chi connectivity index (χ3v) is 14.0. The fourth-order valence-corrected chi connectivity index (χ4v) is 8.82. The van der Waals surface area contributed by atoms with Gasteiger partial charge < -0.3 is 72.2 Å². The van der Waals surface area contributed by atoms with Crippen LogP contribution in [0, 0.1) is 0 Å². The molecule has 2 saturated carbocycles. The molecule has 0 bridgehead atoms. The average Bonchev–Trinajstić information content (AvgIpc) is 3.37. The summed E-state index contributed by atoms with van der Waals surface area (Å²) in [6, 6.07) is 0. The van der Waals surface area contributed by atoms with Crippen molar-refractivity contribution >= 4 is 53.7 Å². The van der Waals surface area contributed by atoms with E-state index in [9.17, 15) is 58.5 Å². The molecule has 8 aliphatic rings. The lowest BCUT2D eigenvalue weighted by atomic mass is 9.87. The Labute approximate surface area is 456 Å². The van der Waals surface area contributed by atoms with Gasteiger partial charge in [0.15, 0.2) is 17.4 Å². The normalized spacial score (nSPS) is 31.6. The standard InChI is InChI=1S/C56H56O24/c1-8-51(6)69-39(57)33(40(58)70-51)16-10-30(3)12-18-35-43(61)73-53(74-44(35)62)22-26-55(27-23-53)77-47(65)37(48(66)78-55)20-14-32(5)15-21-38-49(67)79-56(80-50(38)68)28-24-54(25-29-56)75-45(63)36(46(64)76-54)19-13-31(4)11-17-34-41(59)71-52(7,9-2)72-42(34)60/h10-21,57,59,65H,8-9,22-29H2,1-7H3/p-3/b16-10+,17-11+,20-14+,30-12+,31-13+,32-15+,35-18?,36-19?,38-21?. The third-order valence-electron chi connectivity index (χ3n) is 14.0. The lowest BCUT2D eigenvalue weighted by Gasteiger charge is -2.50. The molecule has 0 radical (unpaired) electrons. The molecule has 0 N–H and O–H groups in total. The van der Waals surface area contributed by atoms with Gasteiger partial charge in [0.05, 0.1) is 34.6 Å². The van der Waals surface area contributed by atoms with Gasteiger partial charge in [0.1, 0.15) is 16.7 Å². The van der Waals surface area contributed by atoms with Crippen LogP contribution in [-0.2, 0) is 100.0 Å². The summed E-state index contributed by atoms with van der Waals surface area (Å²) in [5.41, 5.74) is -1.47. The highest BCUT2D eigenvalue weighted by molar-refractivity contribution is 6.17. The van der Waals surface area contributed by atoms with Crippen molar-refractivity contribution in [3.63, 3.8) is 0 Å². The highest BCUT2D eigenvalue weighted by Gasteiger charge is 2.57. The van der Waals surface area contributed by atoms with Crippen molar-refractivity contribution in [2.45, 2.75) is 147 Å². The Kier molecular flexibility index (Phi) is 15.4. The van der Waals surface area contributed by atoms with Gasteiger partial charge in [-0.3, -0.25) is 0 Å². The number of carbonyl (C=O) groups is 9. The van der Waals surface area contributed by atoms with Crippen LogP contribution in [0.5, 0.6) is 0 Å². The van der Waals surface area contributed by atoms with E-state index in [1.165, 1.54) is 69.4 Å². The number of rotatable bonds is 11. The van der Waals surface area contributed by atoms with Crippen LogP contribution in [0.15, 0.2) is 141 Å². The molecule has 0 aromatic heterocycles. The van der Waals surface area contributed by atoms with Crippen molar-refractivity contribution in [3.05, 3.63) is 141 Å².